The van der Waals surface area contributed by atoms with Gasteiger partial charge in [0.2, 0.25) is 0 Å². The molecule has 0 radical (unpaired) electrons. The van der Waals surface area contributed by atoms with Gasteiger partial charge in [-0.1, -0.05) is 34.8 Å². The van der Waals surface area contributed by atoms with Crippen LogP contribution in [0, 0.1) is 5.82 Å². The summed E-state index contributed by atoms with van der Waals surface area (Å²) in [4.78, 5) is 15.8. The van der Waals surface area contributed by atoms with Gasteiger partial charge in [0.15, 0.2) is 6.61 Å². The van der Waals surface area contributed by atoms with Gasteiger partial charge in [0.25, 0.3) is 5.91 Å². The zero-order chi connectivity index (χ0) is 21.2. The van der Waals surface area contributed by atoms with Crippen molar-refractivity contribution in [2.75, 3.05) is 13.7 Å². The van der Waals surface area contributed by atoms with E-state index in [2.05, 4.69) is 4.84 Å². The SMILES string of the molecule is CCn1c(Cl)c(-c2cc(OCC(=O)NOC)c(Cl)cc2F)c(Cl)c1C(F)(F)F. The summed E-state index contributed by atoms with van der Waals surface area (Å²) in [5.74, 6) is -1.80. The van der Waals surface area contributed by atoms with E-state index in [9.17, 15) is 22.4 Å². The van der Waals surface area contributed by atoms with E-state index in [1.165, 1.54) is 14.0 Å². The molecule has 5 nitrogen and oxygen atoms in total. The monoisotopic (exact) mass is 462 g/mol. The van der Waals surface area contributed by atoms with Gasteiger partial charge in [-0.2, -0.15) is 13.2 Å². The van der Waals surface area contributed by atoms with Crippen LogP contribution in [0.1, 0.15) is 12.6 Å². The molecule has 0 aliphatic heterocycles. The molecule has 28 heavy (non-hydrogen) atoms. The van der Waals surface area contributed by atoms with E-state index in [0.717, 1.165) is 16.7 Å². The number of aromatic nitrogens is 1. The maximum absolute atomic E-state index is 14.5. The number of nitrogens with one attached hydrogen (secondary N) is 1. The number of halogens is 7. The van der Waals surface area contributed by atoms with Crippen molar-refractivity contribution < 1.29 is 31.9 Å². The van der Waals surface area contributed by atoms with E-state index in [-0.39, 0.29) is 28.4 Å². The number of nitrogens with zero attached hydrogens (tertiary/aromatic N) is 1. The first kappa shape index (κ1) is 22.6. The van der Waals surface area contributed by atoms with E-state index in [4.69, 9.17) is 39.5 Å². The fraction of sp³-hybridized carbons (Fsp3) is 0.312. The molecular weight excluding hydrogens is 451 g/mol. The second-order valence-electron chi connectivity index (χ2n) is 5.35. The van der Waals surface area contributed by atoms with Gasteiger partial charge >= 0.3 is 6.18 Å². The third-order valence-corrected chi connectivity index (χ3v) is 4.65. The van der Waals surface area contributed by atoms with Crippen LogP contribution in [0.15, 0.2) is 12.1 Å². The van der Waals surface area contributed by atoms with Crippen LogP contribution in [0.25, 0.3) is 11.1 Å². The molecule has 1 amide bonds. The first-order valence-corrected chi connectivity index (χ1v) is 8.74. The molecule has 2 rings (SSSR count). The lowest BCUT2D eigenvalue weighted by Crippen LogP contribution is -2.27. The van der Waals surface area contributed by atoms with E-state index >= 15 is 0 Å². The summed E-state index contributed by atoms with van der Waals surface area (Å²) >= 11 is 17.9. The molecule has 0 saturated heterocycles. The molecule has 1 aromatic carbocycles. The molecular formula is C16H13Cl3F4N2O3. The first-order chi connectivity index (χ1) is 13.0. The van der Waals surface area contributed by atoms with Gasteiger partial charge in [-0.3, -0.25) is 9.63 Å². The molecule has 2 aromatic rings. The zero-order valence-electron chi connectivity index (χ0n) is 14.4. The van der Waals surface area contributed by atoms with Crippen LogP contribution in [0.3, 0.4) is 0 Å². The number of carbonyl (C=O) groups is 1. The quantitative estimate of drug-likeness (QED) is 0.464. The van der Waals surface area contributed by atoms with Crippen LogP contribution in [0.5, 0.6) is 5.75 Å². The Bertz CT molecular complexity index is 900. The Labute approximate surface area is 172 Å². The normalized spacial score (nSPS) is 11.6. The summed E-state index contributed by atoms with van der Waals surface area (Å²) in [6.45, 7) is 0.745. The topological polar surface area (TPSA) is 52.5 Å². The Morgan fingerprint density at radius 2 is 1.89 bits per heavy atom. The molecule has 1 heterocycles. The number of hydrogen-bond acceptors (Lipinski definition) is 3. The van der Waals surface area contributed by atoms with E-state index in [1.54, 1.807) is 0 Å². The molecule has 1 N–H and O–H groups in total. The summed E-state index contributed by atoms with van der Waals surface area (Å²) in [6, 6.07) is 1.84. The minimum Gasteiger partial charge on any atom is -0.482 e. The van der Waals surface area contributed by atoms with Gasteiger partial charge in [-0.05, 0) is 19.1 Å². The van der Waals surface area contributed by atoms with Gasteiger partial charge < -0.3 is 9.30 Å². The van der Waals surface area contributed by atoms with Crippen molar-refractivity contribution in [1.82, 2.24) is 10.0 Å². The van der Waals surface area contributed by atoms with Crippen molar-refractivity contribution in [3.05, 3.63) is 38.8 Å². The molecule has 0 bridgehead atoms. The van der Waals surface area contributed by atoms with Crippen molar-refractivity contribution in [3.63, 3.8) is 0 Å². The first-order valence-electron chi connectivity index (χ1n) is 7.61. The summed E-state index contributed by atoms with van der Waals surface area (Å²) < 4.78 is 60.5. The summed E-state index contributed by atoms with van der Waals surface area (Å²) in [7, 11) is 1.21. The second-order valence-corrected chi connectivity index (χ2v) is 6.49. The molecule has 0 atom stereocenters. The highest BCUT2D eigenvalue weighted by atomic mass is 35.5. The van der Waals surface area contributed by atoms with Crippen molar-refractivity contribution in [3.8, 4) is 16.9 Å². The largest absolute Gasteiger partial charge is 0.482 e. The highest BCUT2D eigenvalue weighted by Crippen LogP contribution is 2.47. The average Bonchev–Trinajstić information content (AvgIpc) is 2.84. The Morgan fingerprint density at radius 1 is 1.25 bits per heavy atom. The Morgan fingerprint density at radius 3 is 2.39 bits per heavy atom. The van der Waals surface area contributed by atoms with E-state index in [0.29, 0.717) is 0 Å². The number of hydroxylamine groups is 1. The lowest BCUT2D eigenvalue weighted by molar-refractivity contribution is -0.143. The van der Waals surface area contributed by atoms with Gasteiger partial charge in [-0.15, -0.1) is 0 Å². The average molecular weight is 464 g/mol. The summed E-state index contributed by atoms with van der Waals surface area (Å²) in [6.07, 6.45) is -4.81. The minimum atomic E-state index is -4.81. The molecule has 154 valence electrons. The molecule has 0 unspecified atom stereocenters. The highest BCUT2D eigenvalue weighted by Gasteiger charge is 2.40. The van der Waals surface area contributed by atoms with Crippen molar-refractivity contribution >= 4 is 40.7 Å². The number of benzene rings is 1. The Kier molecular flexibility index (Phi) is 7.08. The van der Waals surface area contributed by atoms with Crippen LogP contribution in [0.2, 0.25) is 15.2 Å². The van der Waals surface area contributed by atoms with Crippen LogP contribution in [0.4, 0.5) is 17.6 Å². The molecule has 1 aromatic heterocycles. The number of amides is 1. The van der Waals surface area contributed by atoms with Crippen LogP contribution in [-0.2, 0) is 22.4 Å². The number of carbonyl (C=O) groups excluding carboxylic acids is 1. The van der Waals surface area contributed by atoms with Crippen molar-refractivity contribution in [2.45, 2.75) is 19.6 Å². The molecule has 0 aliphatic rings. The number of rotatable bonds is 6. The maximum atomic E-state index is 14.5. The van der Waals surface area contributed by atoms with Gasteiger partial charge in [0, 0.05) is 17.7 Å². The predicted molar refractivity (Wildman–Crippen MR) is 96.2 cm³/mol. The lowest BCUT2D eigenvalue weighted by Gasteiger charge is -2.11. The summed E-state index contributed by atoms with van der Waals surface area (Å²) in [5.41, 5.74) is 0.0687. The highest BCUT2D eigenvalue weighted by molar-refractivity contribution is 6.40. The van der Waals surface area contributed by atoms with Crippen LogP contribution in [-0.4, -0.2) is 24.2 Å². The molecule has 12 heteroatoms. The Hall–Kier alpha value is -1.68. The zero-order valence-corrected chi connectivity index (χ0v) is 16.7. The smallest absolute Gasteiger partial charge is 0.432 e. The van der Waals surface area contributed by atoms with Crippen LogP contribution < -0.4 is 10.2 Å². The van der Waals surface area contributed by atoms with Gasteiger partial charge in [0.1, 0.15) is 22.4 Å². The van der Waals surface area contributed by atoms with Gasteiger partial charge in [0.05, 0.1) is 17.2 Å². The fourth-order valence-electron chi connectivity index (χ4n) is 2.48. The molecule has 0 fully saturated rings. The van der Waals surface area contributed by atoms with E-state index in [1.807, 2.05) is 5.48 Å². The minimum absolute atomic E-state index is 0.150. The standard InChI is InChI=1S/C16H13Cl3F4N2O3/c1-3-25-14(16(21,22)23)13(18)12(15(25)19)7-4-10(8(17)5-9(7)20)28-6-11(26)24-27-2/h4-5H,3,6H2,1-2H3,(H,24,26). The fourth-order valence-corrected chi connectivity index (χ4v) is 3.54. The third-order valence-electron chi connectivity index (χ3n) is 3.59. The molecule has 0 saturated carbocycles. The number of alkyl halides is 3. The van der Waals surface area contributed by atoms with Crippen molar-refractivity contribution in [2.24, 2.45) is 0 Å². The molecule has 0 spiro atoms. The lowest BCUT2D eigenvalue weighted by atomic mass is 10.1. The van der Waals surface area contributed by atoms with E-state index < -0.39 is 40.4 Å². The Balaban J connectivity index is 2.58. The summed E-state index contributed by atoms with van der Waals surface area (Å²) in [5, 5.41) is -1.36. The number of ether oxygens (including phenoxy) is 1. The van der Waals surface area contributed by atoms with Crippen LogP contribution >= 0.6 is 34.8 Å². The molecule has 0 aliphatic carbocycles. The maximum Gasteiger partial charge on any atom is 0.432 e. The predicted octanol–water partition coefficient (Wildman–Crippen LogP) is 5.35. The third kappa shape index (κ3) is 4.48. The van der Waals surface area contributed by atoms with Crippen molar-refractivity contribution in [1.29, 1.82) is 0 Å². The number of hydrogen-bond donors (Lipinski definition) is 1. The van der Waals surface area contributed by atoms with Gasteiger partial charge in [-0.25, -0.2) is 9.87 Å². The second kappa shape index (κ2) is 8.77.